The van der Waals surface area contributed by atoms with Crippen LogP contribution in [0.25, 0.3) is 22.2 Å². The largest absolute Gasteiger partial charge is 0.427 e. The summed E-state index contributed by atoms with van der Waals surface area (Å²) in [6.07, 6.45) is 0. The second kappa shape index (κ2) is 7.04. The molecule has 0 saturated carbocycles. The van der Waals surface area contributed by atoms with Crippen molar-refractivity contribution in [3.8, 4) is 22.8 Å². The van der Waals surface area contributed by atoms with E-state index in [9.17, 15) is 9.59 Å². The van der Waals surface area contributed by atoms with Crippen LogP contribution in [0.15, 0.2) is 42.5 Å². The molecule has 5 heteroatoms. The number of carbonyl (C=O) groups excluding carboxylic acids is 2. The summed E-state index contributed by atoms with van der Waals surface area (Å²) in [5, 5.41) is 1.05. The lowest BCUT2D eigenvalue weighted by atomic mass is 10.1. The Morgan fingerprint density at radius 1 is 0.923 bits per heavy atom. The lowest BCUT2D eigenvalue weighted by molar-refractivity contribution is -0.132. The van der Waals surface area contributed by atoms with Crippen molar-refractivity contribution in [3.63, 3.8) is 0 Å². The van der Waals surface area contributed by atoms with Crippen LogP contribution in [0.4, 0.5) is 0 Å². The average molecular weight is 351 g/mol. The molecule has 1 aromatic heterocycles. The van der Waals surface area contributed by atoms with Gasteiger partial charge < -0.3 is 14.0 Å². The molecular formula is C21H21NO4. The number of hydrogen-bond donors (Lipinski definition) is 0. The highest BCUT2D eigenvalue weighted by atomic mass is 16.5. The summed E-state index contributed by atoms with van der Waals surface area (Å²) in [5.41, 5.74) is 4.32. The zero-order valence-corrected chi connectivity index (χ0v) is 15.3. The molecule has 2 aromatic carbocycles. The van der Waals surface area contributed by atoms with Crippen molar-refractivity contribution in [1.29, 1.82) is 0 Å². The summed E-state index contributed by atoms with van der Waals surface area (Å²) in [6.45, 7) is 7.73. The SMILES string of the molecule is CCn1c(-c2ccc(OC(C)=O)cc2)c(C)c2cc(OC(C)=O)ccc21. The van der Waals surface area contributed by atoms with Crippen LogP contribution in [0.5, 0.6) is 11.5 Å². The molecule has 0 amide bonds. The second-order valence-corrected chi connectivity index (χ2v) is 6.11. The number of ether oxygens (including phenoxy) is 2. The molecular weight excluding hydrogens is 330 g/mol. The smallest absolute Gasteiger partial charge is 0.308 e. The van der Waals surface area contributed by atoms with E-state index in [1.165, 1.54) is 13.8 Å². The number of nitrogens with zero attached hydrogens (tertiary/aromatic N) is 1. The Morgan fingerprint density at radius 3 is 2.08 bits per heavy atom. The van der Waals surface area contributed by atoms with E-state index in [0.29, 0.717) is 11.5 Å². The number of fused-ring (bicyclic) bond motifs is 1. The fraction of sp³-hybridized carbons (Fsp3) is 0.238. The van der Waals surface area contributed by atoms with Crippen LogP contribution >= 0.6 is 0 Å². The van der Waals surface area contributed by atoms with Crippen LogP contribution < -0.4 is 9.47 Å². The molecule has 134 valence electrons. The Bertz CT molecular complexity index is 983. The summed E-state index contributed by atoms with van der Waals surface area (Å²) in [5.74, 6) is 0.390. The lowest BCUT2D eigenvalue weighted by Gasteiger charge is -2.10. The highest BCUT2D eigenvalue weighted by Crippen LogP contribution is 2.35. The Kier molecular flexibility index (Phi) is 4.80. The number of aromatic nitrogens is 1. The monoisotopic (exact) mass is 351 g/mol. The van der Waals surface area contributed by atoms with E-state index in [1.807, 2.05) is 30.3 Å². The molecule has 0 aliphatic heterocycles. The minimum atomic E-state index is -0.338. The minimum absolute atomic E-state index is 0.335. The van der Waals surface area contributed by atoms with E-state index in [0.717, 1.165) is 34.3 Å². The summed E-state index contributed by atoms with van der Waals surface area (Å²) in [7, 11) is 0. The van der Waals surface area contributed by atoms with Gasteiger partial charge in [-0.25, -0.2) is 0 Å². The van der Waals surface area contributed by atoms with Crippen LogP contribution in [0.1, 0.15) is 26.3 Å². The first-order valence-corrected chi connectivity index (χ1v) is 8.50. The van der Waals surface area contributed by atoms with Crippen LogP contribution in [-0.2, 0) is 16.1 Å². The van der Waals surface area contributed by atoms with E-state index in [2.05, 4.69) is 18.4 Å². The van der Waals surface area contributed by atoms with Crippen molar-refractivity contribution in [2.75, 3.05) is 0 Å². The Morgan fingerprint density at radius 2 is 1.50 bits per heavy atom. The lowest BCUT2D eigenvalue weighted by Crippen LogP contribution is -2.01. The highest BCUT2D eigenvalue weighted by molar-refractivity contribution is 5.93. The van der Waals surface area contributed by atoms with E-state index in [1.54, 1.807) is 12.1 Å². The summed E-state index contributed by atoms with van der Waals surface area (Å²) >= 11 is 0. The van der Waals surface area contributed by atoms with E-state index in [-0.39, 0.29) is 11.9 Å². The van der Waals surface area contributed by atoms with E-state index < -0.39 is 0 Å². The predicted molar refractivity (Wildman–Crippen MR) is 100 cm³/mol. The van der Waals surface area contributed by atoms with Crippen molar-refractivity contribution in [2.45, 2.75) is 34.2 Å². The average Bonchev–Trinajstić information content (AvgIpc) is 2.86. The van der Waals surface area contributed by atoms with Gasteiger partial charge in [0.25, 0.3) is 0 Å². The maximum Gasteiger partial charge on any atom is 0.308 e. The van der Waals surface area contributed by atoms with Gasteiger partial charge in [0, 0.05) is 31.3 Å². The summed E-state index contributed by atoms with van der Waals surface area (Å²) in [4.78, 5) is 22.3. The first kappa shape index (κ1) is 17.7. The minimum Gasteiger partial charge on any atom is -0.427 e. The van der Waals surface area contributed by atoms with Gasteiger partial charge in [-0.15, -0.1) is 0 Å². The molecule has 0 saturated heterocycles. The second-order valence-electron chi connectivity index (χ2n) is 6.11. The van der Waals surface area contributed by atoms with Gasteiger partial charge in [-0.2, -0.15) is 0 Å². The maximum atomic E-state index is 11.2. The standard InChI is InChI=1S/C21H21NO4/c1-5-22-20-11-10-18(26-15(4)24)12-19(20)13(2)21(22)16-6-8-17(9-7-16)25-14(3)23/h6-12H,5H2,1-4H3. The number of carbonyl (C=O) groups is 2. The molecule has 0 atom stereocenters. The fourth-order valence-electron chi connectivity index (χ4n) is 3.28. The molecule has 3 rings (SSSR count). The highest BCUT2D eigenvalue weighted by Gasteiger charge is 2.16. The summed E-state index contributed by atoms with van der Waals surface area (Å²) in [6, 6.07) is 13.1. The first-order chi connectivity index (χ1) is 12.4. The van der Waals surface area contributed by atoms with Gasteiger partial charge in [0.1, 0.15) is 11.5 Å². The van der Waals surface area contributed by atoms with Crippen LogP contribution in [-0.4, -0.2) is 16.5 Å². The van der Waals surface area contributed by atoms with Gasteiger partial charge in [-0.3, -0.25) is 9.59 Å². The van der Waals surface area contributed by atoms with Crippen molar-refractivity contribution in [3.05, 3.63) is 48.0 Å². The van der Waals surface area contributed by atoms with Gasteiger partial charge in [-0.05, 0) is 67.4 Å². The molecule has 0 bridgehead atoms. The Hall–Kier alpha value is -3.08. The fourth-order valence-corrected chi connectivity index (χ4v) is 3.28. The third kappa shape index (κ3) is 3.33. The van der Waals surface area contributed by atoms with Gasteiger partial charge >= 0.3 is 11.9 Å². The normalized spacial score (nSPS) is 10.8. The van der Waals surface area contributed by atoms with Crippen molar-refractivity contribution < 1.29 is 19.1 Å². The Labute approximate surface area is 152 Å². The topological polar surface area (TPSA) is 57.5 Å². The van der Waals surface area contributed by atoms with Crippen molar-refractivity contribution >= 4 is 22.8 Å². The van der Waals surface area contributed by atoms with Gasteiger partial charge in [0.15, 0.2) is 0 Å². The molecule has 0 unspecified atom stereocenters. The molecule has 5 nitrogen and oxygen atoms in total. The van der Waals surface area contributed by atoms with Crippen molar-refractivity contribution in [2.24, 2.45) is 0 Å². The summed E-state index contributed by atoms with van der Waals surface area (Å²) < 4.78 is 12.6. The first-order valence-electron chi connectivity index (χ1n) is 8.50. The van der Waals surface area contributed by atoms with Gasteiger partial charge in [0.2, 0.25) is 0 Å². The quantitative estimate of drug-likeness (QED) is 0.513. The van der Waals surface area contributed by atoms with E-state index >= 15 is 0 Å². The third-order valence-electron chi connectivity index (χ3n) is 4.26. The number of hydrogen-bond acceptors (Lipinski definition) is 4. The van der Waals surface area contributed by atoms with Gasteiger partial charge in [0.05, 0.1) is 5.69 Å². The molecule has 0 radical (unpaired) electrons. The molecule has 0 aliphatic rings. The van der Waals surface area contributed by atoms with Gasteiger partial charge in [-0.1, -0.05) is 0 Å². The molecule has 0 fully saturated rings. The van der Waals surface area contributed by atoms with Crippen molar-refractivity contribution in [1.82, 2.24) is 4.57 Å². The number of benzene rings is 2. The number of rotatable bonds is 4. The number of esters is 2. The number of aryl methyl sites for hydroxylation is 2. The molecule has 0 aliphatic carbocycles. The predicted octanol–water partition coefficient (Wildman–Crippen LogP) is 4.49. The molecule has 1 heterocycles. The third-order valence-corrected chi connectivity index (χ3v) is 4.26. The zero-order valence-electron chi connectivity index (χ0n) is 15.3. The van der Waals surface area contributed by atoms with E-state index in [4.69, 9.17) is 9.47 Å². The Balaban J connectivity index is 2.11. The molecule has 0 N–H and O–H groups in total. The van der Waals surface area contributed by atoms with Crippen LogP contribution in [0.3, 0.4) is 0 Å². The van der Waals surface area contributed by atoms with Crippen LogP contribution in [0, 0.1) is 6.92 Å². The maximum absolute atomic E-state index is 11.2. The molecule has 3 aromatic rings. The molecule has 0 spiro atoms. The molecule has 26 heavy (non-hydrogen) atoms. The van der Waals surface area contributed by atoms with Crippen LogP contribution in [0.2, 0.25) is 0 Å². The zero-order chi connectivity index (χ0) is 18.8.